The number of carbonyl (C=O) groups is 3. The second-order valence-electron chi connectivity index (χ2n) is 10.7. The van der Waals surface area contributed by atoms with E-state index in [0.717, 1.165) is 4.90 Å². The van der Waals surface area contributed by atoms with E-state index in [9.17, 15) is 32.8 Å². The number of likely N-dealkylation sites (tertiary alicyclic amines) is 1. The minimum Gasteiger partial charge on any atom is -0.381 e. The van der Waals surface area contributed by atoms with Gasteiger partial charge in [0, 0.05) is 37.8 Å². The smallest absolute Gasteiger partial charge is 0.381 e. The fraction of sp³-hybridized carbons (Fsp3) is 0.556. The summed E-state index contributed by atoms with van der Waals surface area (Å²) in [6.45, 7) is 4.47. The molecule has 41 heavy (non-hydrogen) atoms. The van der Waals surface area contributed by atoms with Gasteiger partial charge < -0.3 is 20.3 Å². The molecule has 1 saturated heterocycles. The van der Waals surface area contributed by atoms with Crippen LogP contribution in [0.25, 0.3) is 10.9 Å². The highest BCUT2D eigenvalue weighted by molar-refractivity contribution is 5.93. The molecule has 2 unspecified atom stereocenters. The molecular weight excluding hydrogens is 543 g/mol. The second-order valence-corrected chi connectivity index (χ2v) is 10.7. The Labute approximate surface area is 235 Å². The van der Waals surface area contributed by atoms with E-state index in [4.69, 9.17) is 11.2 Å². The van der Waals surface area contributed by atoms with Crippen LogP contribution in [0.15, 0.2) is 12.4 Å². The number of nitrogens with zero attached hydrogens (tertiary/aromatic N) is 5. The summed E-state index contributed by atoms with van der Waals surface area (Å²) in [5.41, 5.74) is 0.536. The molecular formula is C27H32F3N7O4. The molecule has 2 aromatic heterocycles. The third-order valence-electron chi connectivity index (χ3n) is 7.38. The zero-order chi connectivity index (χ0) is 30.7. The minimum absolute atomic E-state index is 0.0607. The lowest BCUT2D eigenvalue weighted by Crippen LogP contribution is -2.52. The summed E-state index contributed by atoms with van der Waals surface area (Å²) in [6.07, 6.45) is 6.52. The standard InChI is InChI=1S/C23H24F3N7O3.C4H8O/c1-6-14-18-13(8-28-9-16(18)32(5)31-14)15(7-27)30-20(35)19-12(2)22(3,4)11-33(19)17(34)10-29-21(36)23(24,25)26;1-5-4-2-3-4/h1,8-9,12,15,19H,10-11H2,2-5H3,(H,29,36)(H,30,35);4H,2-3H2,1H3/t12?,15?,19-;/m0./s1. The van der Waals surface area contributed by atoms with Crippen molar-refractivity contribution in [2.75, 3.05) is 20.2 Å². The van der Waals surface area contributed by atoms with Crippen LogP contribution in [0.3, 0.4) is 0 Å². The number of nitrogens with one attached hydrogen (secondary N) is 2. The Balaban J connectivity index is 0.000000832. The van der Waals surface area contributed by atoms with E-state index in [-0.39, 0.29) is 12.2 Å². The molecule has 0 bridgehead atoms. The van der Waals surface area contributed by atoms with E-state index >= 15 is 0 Å². The minimum atomic E-state index is -5.15. The Kier molecular flexibility index (Phi) is 9.29. The highest BCUT2D eigenvalue weighted by atomic mass is 19.4. The van der Waals surface area contributed by atoms with E-state index in [1.807, 2.05) is 6.07 Å². The van der Waals surface area contributed by atoms with Crippen molar-refractivity contribution in [3.05, 3.63) is 23.7 Å². The summed E-state index contributed by atoms with van der Waals surface area (Å²) in [7, 11) is 3.41. The van der Waals surface area contributed by atoms with Gasteiger partial charge in [0.2, 0.25) is 11.8 Å². The highest BCUT2D eigenvalue weighted by Gasteiger charge is 2.50. The predicted molar refractivity (Wildman–Crippen MR) is 140 cm³/mol. The van der Waals surface area contributed by atoms with Crippen molar-refractivity contribution in [2.24, 2.45) is 18.4 Å². The Morgan fingerprint density at radius 1 is 1.29 bits per heavy atom. The predicted octanol–water partition coefficient (Wildman–Crippen LogP) is 1.98. The van der Waals surface area contributed by atoms with Crippen LogP contribution in [0, 0.1) is 35.0 Å². The van der Waals surface area contributed by atoms with Gasteiger partial charge in [-0.25, -0.2) is 0 Å². The van der Waals surface area contributed by atoms with Crippen molar-refractivity contribution in [3.63, 3.8) is 0 Å². The first-order chi connectivity index (χ1) is 19.2. The first-order valence-electron chi connectivity index (χ1n) is 12.8. The van der Waals surface area contributed by atoms with Crippen LogP contribution in [0.5, 0.6) is 0 Å². The maximum Gasteiger partial charge on any atom is 0.471 e. The Bertz CT molecular complexity index is 1400. The molecule has 2 N–H and O–H groups in total. The van der Waals surface area contributed by atoms with Gasteiger partial charge in [-0.1, -0.05) is 20.8 Å². The van der Waals surface area contributed by atoms with Gasteiger partial charge in [-0.2, -0.15) is 23.5 Å². The van der Waals surface area contributed by atoms with Crippen LogP contribution >= 0.6 is 0 Å². The quantitative estimate of drug-likeness (QED) is 0.502. The molecule has 1 aliphatic heterocycles. The maximum absolute atomic E-state index is 13.4. The Hall–Kier alpha value is -4.17. The lowest BCUT2D eigenvalue weighted by molar-refractivity contribution is -0.174. The summed E-state index contributed by atoms with van der Waals surface area (Å²) in [6, 6.07) is -0.305. The monoisotopic (exact) mass is 575 g/mol. The van der Waals surface area contributed by atoms with Crippen molar-refractivity contribution in [3.8, 4) is 18.4 Å². The third-order valence-corrected chi connectivity index (χ3v) is 7.38. The van der Waals surface area contributed by atoms with Crippen molar-refractivity contribution in [1.29, 1.82) is 5.26 Å². The van der Waals surface area contributed by atoms with Crippen molar-refractivity contribution < 1.29 is 32.3 Å². The fourth-order valence-corrected chi connectivity index (χ4v) is 4.60. The number of aromatic nitrogens is 3. The van der Waals surface area contributed by atoms with E-state index in [1.165, 1.54) is 35.2 Å². The number of terminal acetylenes is 1. The summed E-state index contributed by atoms with van der Waals surface area (Å²) in [4.78, 5) is 42.5. The number of rotatable bonds is 6. The van der Waals surface area contributed by atoms with Gasteiger partial charge in [-0.05, 0) is 30.1 Å². The molecule has 11 nitrogen and oxygen atoms in total. The molecule has 14 heteroatoms. The number of methoxy groups -OCH3 is 1. The molecule has 2 aliphatic rings. The summed E-state index contributed by atoms with van der Waals surface area (Å²) >= 11 is 0. The normalized spacial score (nSPS) is 20.3. The van der Waals surface area contributed by atoms with Gasteiger partial charge >= 0.3 is 12.1 Å². The third kappa shape index (κ3) is 6.95. The molecule has 2 fully saturated rings. The fourth-order valence-electron chi connectivity index (χ4n) is 4.60. The van der Waals surface area contributed by atoms with Gasteiger partial charge in [-0.3, -0.25) is 24.0 Å². The number of alkyl halides is 3. The van der Waals surface area contributed by atoms with Crippen molar-refractivity contribution in [2.45, 2.75) is 58.0 Å². The molecule has 3 atom stereocenters. The zero-order valence-corrected chi connectivity index (χ0v) is 23.4. The molecule has 3 amide bonds. The summed E-state index contributed by atoms with van der Waals surface area (Å²) < 4.78 is 43.9. The molecule has 0 radical (unpaired) electrons. The topological polar surface area (TPSA) is 142 Å². The molecule has 0 aromatic carbocycles. The van der Waals surface area contributed by atoms with Crippen LogP contribution in [0.1, 0.15) is 50.9 Å². The Morgan fingerprint density at radius 2 is 1.95 bits per heavy atom. The zero-order valence-electron chi connectivity index (χ0n) is 23.4. The number of fused-ring (bicyclic) bond motifs is 1. The molecule has 220 valence electrons. The number of carbonyl (C=O) groups excluding carboxylic acids is 3. The lowest BCUT2D eigenvalue weighted by atomic mass is 9.80. The maximum atomic E-state index is 13.4. The van der Waals surface area contributed by atoms with Crippen LogP contribution in [-0.2, 0) is 26.2 Å². The van der Waals surface area contributed by atoms with Gasteiger partial charge in [0.05, 0.1) is 30.4 Å². The average Bonchev–Trinajstić information content (AvgIpc) is 3.66. The summed E-state index contributed by atoms with van der Waals surface area (Å²) in [5, 5.41) is 18.7. The van der Waals surface area contributed by atoms with E-state index in [1.54, 1.807) is 34.9 Å². The first-order valence-corrected chi connectivity index (χ1v) is 12.8. The molecule has 3 heterocycles. The number of amides is 3. The van der Waals surface area contributed by atoms with Crippen molar-refractivity contribution >= 4 is 28.6 Å². The number of hydrogen-bond acceptors (Lipinski definition) is 7. The summed E-state index contributed by atoms with van der Waals surface area (Å²) in [5.74, 6) is -1.78. The van der Waals surface area contributed by atoms with Crippen LogP contribution in [0.2, 0.25) is 0 Å². The second kappa shape index (κ2) is 12.1. The van der Waals surface area contributed by atoms with Gasteiger partial charge in [0.25, 0.3) is 0 Å². The Morgan fingerprint density at radius 3 is 2.46 bits per heavy atom. The molecule has 2 aromatic rings. The molecule has 4 rings (SSSR count). The lowest BCUT2D eigenvalue weighted by Gasteiger charge is -2.27. The largest absolute Gasteiger partial charge is 0.471 e. The number of hydrogen-bond donors (Lipinski definition) is 2. The van der Waals surface area contributed by atoms with Crippen LogP contribution in [-0.4, -0.2) is 75.9 Å². The van der Waals surface area contributed by atoms with Gasteiger partial charge in [-0.15, -0.1) is 6.42 Å². The molecule has 0 spiro atoms. The van der Waals surface area contributed by atoms with Gasteiger partial charge in [0.1, 0.15) is 17.8 Å². The number of ether oxygens (including phenoxy) is 1. The first kappa shape index (κ1) is 31.4. The number of nitriles is 1. The number of pyridine rings is 1. The number of aryl methyl sites for hydroxylation is 1. The average molecular weight is 576 g/mol. The van der Waals surface area contributed by atoms with Crippen molar-refractivity contribution in [1.82, 2.24) is 30.3 Å². The van der Waals surface area contributed by atoms with E-state index in [0.29, 0.717) is 22.6 Å². The van der Waals surface area contributed by atoms with E-state index < -0.39 is 53.9 Å². The van der Waals surface area contributed by atoms with Crippen LogP contribution in [0.4, 0.5) is 13.2 Å². The molecule has 1 aliphatic carbocycles. The van der Waals surface area contributed by atoms with Gasteiger partial charge in [0.15, 0.2) is 0 Å². The number of halogens is 3. The SMILES string of the molecule is C#Cc1nn(C)c2cncc(C(C#N)NC(=O)[C@@H]3C(C)C(C)(C)CN3C(=O)CNC(=O)C(F)(F)F)c12.COC1CC1. The highest BCUT2D eigenvalue weighted by Crippen LogP contribution is 2.40. The molecule has 1 saturated carbocycles. The van der Waals surface area contributed by atoms with E-state index in [2.05, 4.69) is 21.3 Å². The van der Waals surface area contributed by atoms with Crippen LogP contribution < -0.4 is 10.6 Å².